The van der Waals surface area contributed by atoms with E-state index in [4.69, 9.17) is 10.8 Å². The number of aliphatic carboxylic acids is 1. The van der Waals surface area contributed by atoms with E-state index in [-0.39, 0.29) is 12.1 Å². The number of carboxylic acid groups (broad SMARTS) is 1. The number of benzene rings is 1. The molecule has 0 atom stereocenters. The van der Waals surface area contributed by atoms with Crippen LogP contribution in [0.5, 0.6) is 0 Å². The molecule has 0 aliphatic heterocycles. The topological polar surface area (TPSA) is 92.4 Å². The minimum Gasteiger partial charge on any atom is -0.480 e. The van der Waals surface area contributed by atoms with E-state index in [0.717, 1.165) is 0 Å². The van der Waals surface area contributed by atoms with E-state index in [0.29, 0.717) is 14.6 Å². The first-order valence-corrected chi connectivity index (χ1v) is 5.75. The van der Waals surface area contributed by atoms with E-state index in [9.17, 15) is 9.59 Å². The summed E-state index contributed by atoms with van der Waals surface area (Å²) in [5.41, 5.74) is 5.80. The van der Waals surface area contributed by atoms with Crippen molar-refractivity contribution < 1.29 is 14.7 Å². The molecule has 5 nitrogen and oxygen atoms in total. The van der Waals surface area contributed by atoms with E-state index in [2.05, 4.69) is 37.2 Å². The number of rotatable bonds is 4. The van der Waals surface area contributed by atoms with Crippen molar-refractivity contribution in [1.82, 2.24) is 0 Å². The maximum atomic E-state index is 11.2. The zero-order chi connectivity index (χ0) is 12.3. The minimum absolute atomic E-state index is 0.226. The molecule has 0 saturated heterocycles. The average Bonchev–Trinajstić information content (AvgIpc) is 2.12. The van der Waals surface area contributed by atoms with Crippen LogP contribution in [0.15, 0.2) is 21.1 Å². The van der Waals surface area contributed by atoms with Crippen LogP contribution in [0.3, 0.4) is 0 Å². The molecule has 0 spiro atoms. The van der Waals surface area contributed by atoms with Gasteiger partial charge in [0.25, 0.3) is 5.91 Å². The third kappa shape index (κ3) is 3.21. The number of carboxylic acids is 1. The molecule has 0 aliphatic carbocycles. The van der Waals surface area contributed by atoms with Crippen LogP contribution in [0.4, 0.5) is 5.69 Å². The van der Waals surface area contributed by atoms with E-state index >= 15 is 0 Å². The molecular formula is C9H8Br2N2O3. The zero-order valence-corrected chi connectivity index (χ0v) is 11.1. The van der Waals surface area contributed by atoms with Gasteiger partial charge in [-0.25, -0.2) is 0 Å². The van der Waals surface area contributed by atoms with Gasteiger partial charge in [0.15, 0.2) is 0 Å². The Morgan fingerprint density at radius 1 is 1.38 bits per heavy atom. The molecule has 1 aromatic carbocycles. The lowest BCUT2D eigenvalue weighted by molar-refractivity contribution is -0.134. The van der Waals surface area contributed by atoms with E-state index < -0.39 is 11.9 Å². The van der Waals surface area contributed by atoms with E-state index in [1.807, 2.05) is 0 Å². The van der Waals surface area contributed by atoms with Crippen molar-refractivity contribution in [2.75, 3.05) is 11.9 Å². The van der Waals surface area contributed by atoms with Gasteiger partial charge in [-0.1, -0.05) is 15.9 Å². The number of hydrogen-bond acceptors (Lipinski definition) is 3. The van der Waals surface area contributed by atoms with Crippen molar-refractivity contribution in [3.63, 3.8) is 0 Å². The Morgan fingerprint density at radius 2 is 2.00 bits per heavy atom. The molecule has 0 aromatic heterocycles. The quantitative estimate of drug-likeness (QED) is 0.771. The molecule has 1 aromatic rings. The largest absolute Gasteiger partial charge is 0.480 e. The Labute approximate surface area is 108 Å². The molecule has 0 unspecified atom stereocenters. The molecule has 1 rings (SSSR count). The van der Waals surface area contributed by atoms with Crippen molar-refractivity contribution in [2.45, 2.75) is 0 Å². The first kappa shape index (κ1) is 13.0. The molecule has 0 bridgehead atoms. The predicted molar refractivity (Wildman–Crippen MR) is 66.5 cm³/mol. The maximum absolute atomic E-state index is 11.2. The summed E-state index contributed by atoms with van der Waals surface area (Å²) >= 11 is 6.42. The summed E-state index contributed by atoms with van der Waals surface area (Å²) in [6, 6.07) is 3.25. The molecule has 4 N–H and O–H groups in total. The number of nitrogens with two attached hydrogens (primary N) is 1. The average molecular weight is 352 g/mol. The van der Waals surface area contributed by atoms with Crippen molar-refractivity contribution in [1.29, 1.82) is 0 Å². The monoisotopic (exact) mass is 350 g/mol. The predicted octanol–water partition coefficient (Wildman–Crippen LogP) is 1.81. The highest BCUT2D eigenvalue weighted by Gasteiger charge is 2.14. The van der Waals surface area contributed by atoms with Gasteiger partial charge in [0.1, 0.15) is 6.54 Å². The Balaban J connectivity index is 3.13. The van der Waals surface area contributed by atoms with Crippen LogP contribution in [0.2, 0.25) is 0 Å². The van der Waals surface area contributed by atoms with Crippen LogP contribution < -0.4 is 11.1 Å². The number of carbonyl (C=O) groups excluding carboxylic acids is 1. The molecule has 0 fully saturated rings. The van der Waals surface area contributed by atoms with Gasteiger partial charge in [0, 0.05) is 14.6 Å². The first-order chi connectivity index (χ1) is 7.41. The number of anilines is 1. The maximum Gasteiger partial charge on any atom is 0.322 e. The molecule has 16 heavy (non-hydrogen) atoms. The standard InChI is InChI=1S/C9H8Br2N2O3/c10-4-1-5(11)8(9(12)16)6(2-4)13-3-7(14)15/h1-2,13H,3H2,(H2,12,16)(H,14,15). The number of hydrogen-bond donors (Lipinski definition) is 3. The molecule has 86 valence electrons. The van der Waals surface area contributed by atoms with Gasteiger partial charge in [-0.15, -0.1) is 0 Å². The Bertz CT molecular complexity index is 449. The first-order valence-electron chi connectivity index (χ1n) is 4.16. The fourth-order valence-electron chi connectivity index (χ4n) is 1.13. The van der Waals surface area contributed by atoms with Gasteiger partial charge in [-0.05, 0) is 28.1 Å². The lowest BCUT2D eigenvalue weighted by atomic mass is 10.1. The van der Waals surface area contributed by atoms with Gasteiger partial charge in [0.2, 0.25) is 0 Å². The third-order valence-corrected chi connectivity index (χ3v) is 2.81. The van der Waals surface area contributed by atoms with Gasteiger partial charge < -0.3 is 16.2 Å². The Hall–Kier alpha value is -1.08. The highest BCUT2D eigenvalue weighted by Crippen LogP contribution is 2.29. The molecule has 1 amide bonds. The summed E-state index contributed by atoms with van der Waals surface area (Å²) in [6.07, 6.45) is 0. The summed E-state index contributed by atoms with van der Waals surface area (Å²) in [5, 5.41) is 11.2. The Kier molecular flexibility index (Phi) is 4.31. The van der Waals surface area contributed by atoms with Gasteiger partial charge in [0.05, 0.1) is 5.56 Å². The second-order valence-corrected chi connectivity index (χ2v) is 4.69. The second-order valence-electron chi connectivity index (χ2n) is 2.92. The lowest BCUT2D eigenvalue weighted by Gasteiger charge is -2.10. The van der Waals surface area contributed by atoms with Crippen molar-refractivity contribution in [2.24, 2.45) is 5.73 Å². The van der Waals surface area contributed by atoms with E-state index in [1.165, 1.54) is 0 Å². The fourth-order valence-corrected chi connectivity index (χ4v) is 2.55. The number of primary amides is 1. The summed E-state index contributed by atoms with van der Waals surface area (Å²) in [6.45, 7) is -0.289. The Morgan fingerprint density at radius 3 is 2.50 bits per heavy atom. The van der Waals surface area contributed by atoms with Crippen LogP contribution in [0.25, 0.3) is 0 Å². The third-order valence-electron chi connectivity index (χ3n) is 1.73. The van der Waals surface area contributed by atoms with Crippen LogP contribution in [0.1, 0.15) is 10.4 Å². The molecule has 0 aliphatic rings. The number of carbonyl (C=O) groups is 2. The van der Waals surface area contributed by atoms with Crippen LogP contribution in [0, 0.1) is 0 Å². The molecule has 7 heteroatoms. The SMILES string of the molecule is NC(=O)c1c(Br)cc(Br)cc1NCC(=O)O. The number of halogens is 2. The molecule has 0 saturated carbocycles. The highest BCUT2D eigenvalue weighted by molar-refractivity contribution is 9.11. The number of nitrogens with one attached hydrogen (secondary N) is 1. The van der Waals surface area contributed by atoms with Crippen molar-refractivity contribution in [3.05, 3.63) is 26.6 Å². The van der Waals surface area contributed by atoms with Crippen LogP contribution in [-0.2, 0) is 4.79 Å². The summed E-state index contributed by atoms with van der Waals surface area (Å²) in [5.74, 6) is -1.65. The van der Waals surface area contributed by atoms with Gasteiger partial charge in [-0.2, -0.15) is 0 Å². The van der Waals surface area contributed by atoms with Gasteiger partial charge >= 0.3 is 5.97 Å². The summed E-state index contributed by atoms with van der Waals surface area (Å²) < 4.78 is 1.21. The van der Waals surface area contributed by atoms with E-state index in [1.54, 1.807) is 12.1 Å². The smallest absolute Gasteiger partial charge is 0.322 e. The van der Waals surface area contributed by atoms with Crippen molar-refractivity contribution >= 4 is 49.4 Å². The van der Waals surface area contributed by atoms with Crippen molar-refractivity contribution in [3.8, 4) is 0 Å². The summed E-state index contributed by atoms with van der Waals surface area (Å²) in [4.78, 5) is 21.6. The fraction of sp³-hybridized carbons (Fsp3) is 0.111. The normalized spacial score (nSPS) is 9.88. The molecule has 0 radical (unpaired) electrons. The lowest BCUT2D eigenvalue weighted by Crippen LogP contribution is -2.18. The second kappa shape index (κ2) is 5.31. The molecule has 0 heterocycles. The number of amides is 1. The molecular weight excluding hydrogens is 344 g/mol. The van der Waals surface area contributed by atoms with Crippen LogP contribution in [-0.4, -0.2) is 23.5 Å². The minimum atomic E-state index is -1.02. The van der Waals surface area contributed by atoms with Gasteiger partial charge in [-0.3, -0.25) is 9.59 Å². The zero-order valence-electron chi connectivity index (χ0n) is 7.96. The highest BCUT2D eigenvalue weighted by atomic mass is 79.9. The van der Waals surface area contributed by atoms with Crippen LogP contribution >= 0.6 is 31.9 Å². The summed E-state index contributed by atoms with van der Waals surface area (Å²) in [7, 11) is 0.